The van der Waals surface area contributed by atoms with E-state index in [4.69, 9.17) is 9.47 Å². The largest absolute Gasteiger partial charge is 0.455 e. The summed E-state index contributed by atoms with van der Waals surface area (Å²) in [5.74, 6) is -3.68. The van der Waals surface area contributed by atoms with Crippen molar-refractivity contribution in [3.63, 3.8) is 0 Å². The predicted octanol–water partition coefficient (Wildman–Crippen LogP) is 6.80. The molecule has 1 N–H and O–H groups in total. The van der Waals surface area contributed by atoms with Crippen LogP contribution in [0.2, 0.25) is 0 Å². The lowest BCUT2D eigenvalue weighted by atomic mass is 9.70. The van der Waals surface area contributed by atoms with Crippen LogP contribution in [0.1, 0.15) is 90.5 Å². The van der Waals surface area contributed by atoms with Crippen molar-refractivity contribution in [3.8, 4) is 0 Å². The summed E-state index contributed by atoms with van der Waals surface area (Å²) in [4.78, 5) is 63.0. The summed E-state index contributed by atoms with van der Waals surface area (Å²) in [5.41, 5.74) is -0.851. The Morgan fingerprint density at radius 3 is 2.18 bits per heavy atom. The summed E-state index contributed by atoms with van der Waals surface area (Å²) in [6.07, 6.45) is 3.46. The van der Waals surface area contributed by atoms with Crippen LogP contribution >= 0.6 is 15.9 Å². The first-order valence-electron chi connectivity index (χ1n) is 19.3. The Labute approximate surface area is 335 Å². The molecule has 3 aliphatic rings. The number of hydrogen-bond acceptors (Lipinski definition) is 7. The van der Waals surface area contributed by atoms with Gasteiger partial charge < -0.3 is 29.3 Å². The molecule has 0 saturated carbocycles. The van der Waals surface area contributed by atoms with Gasteiger partial charge in [0.05, 0.1) is 36.6 Å². The number of rotatable bonds is 16. The molecule has 10 nitrogen and oxygen atoms in total. The van der Waals surface area contributed by atoms with Gasteiger partial charge in [0.25, 0.3) is 0 Å². The van der Waals surface area contributed by atoms with Crippen molar-refractivity contribution < 1.29 is 33.8 Å². The number of benzene rings is 2. The molecular formula is C44H58BrN3O7. The van der Waals surface area contributed by atoms with E-state index < -0.39 is 71.8 Å². The van der Waals surface area contributed by atoms with Crippen molar-refractivity contribution >= 4 is 39.6 Å². The van der Waals surface area contributed by atoms with Gasteiger partial charge in [0, 0.05) is 30.4 Å². The summed E-state index contributed by atoms with van der Waals surface area (Å²) in [6, 6.07) is 15.8. The van der Waals surface area contributed by atoms with E-state index in [9.17, 15) is 14.7 Å². The van der Waals surface area contributed by atoms with Gasteiger partial charge in [-0.1, -0.05) is 110 Å². The maximum absolute atomic E-state index is 15.4. The topological polar surface area (TPSA) is 117 Å². The van der Waals surface area contributed by atoms with Crippen molar-refractivity contribution in [2.24, 2.45) is 17.3 Å². The molecule has 3 aliphatic heterocycles. The molecule has 0 aliphatic carbocycles. The molecule has 298 valence electrons. The standard InChI is InChI=1S/C44H58BrN3O7/c1-10-12-23-33(50)46(9)28(3)36(30-21-17-14-18-22-30)54-41(53)34-35-39(51)48(32(26-49)29-19-15-13-16-20-29)38(44(35)25-31(45)37(34)55-44)40(52)47(24-11-2)43(7,8)27-42(4,5)6/h10-11,13-22,28,31-32,34-38,49H,1-2,12,23-27H2,3-9H3/t28-,31?,32+,34-,35+,36+,37-,38-,44+/m0/s1. The Morgan fingerprint density at radius 2 is 1.64 bits per heavy atom. The van der Waals surface area contributed by atoms with E-state index in [2.05, 4.69) is 49.9 Å². The van der Waals surface area contributed by atoms with E-state index in [1.54, 1.807) is 29.0 Å². The monoisotopic (exact) mass is 819 g/mol. The minimum absolute atomic E-state index is 0.121. The number of likely N-dealkylation sites (tertiary alicyclic amines) is 1. The van der Waals surface area contributed by atoms with Crippen LogP contribution in [-0.4, -0.2) is 97.9 Å². The highest BCUT2D eigenvalue weighted by Crippen LogP contribution is 2.62. The van der Waals surface area contributed by atoms with Gasteiger partial charge in [0.1, 0.15) is 17.7 Å². The van der Waals surface area contributed by atoms with Crippen LogP contribution in [-0.2, 0) is 28.7 Å². The molecule has 1 spiro atoms. The molecule has 2 bridgehead atoms. The van der Waals surface area contributed by atoms with Crippen LogP contribution in [0, 0.1) is 17.3 Å². The van der Waals surface area contributed by atoms with Crippen LogP contribution in [0.3, 0.4) is 0 Å². The van der Waals surface area contributed by atoms with Crippen molar-refractivity contribution in [2.45, 2.75) is 114 Å². The molecule has 0 radical (unpaired) electrons. The molecule has 3 heterocycles. The zero-order valence-electron chi connectivity index (χ0n) is 33.3. The van der Waals surface area contributed by atoms with Crippen LogP contribution in [0.15, 0.2) is 86.0 Å². The molecule has 3 amide bonds. The number of aliphatic hydroxyl groups excluding tert-OH is 1. The molecular weight excluding hydrogens is 762 g/mol. The average Bonchev–Trinajstić information content (AvgIpc) is 3.74. The Bertz CT molecular complexity index is 1730. The number of carbonyl (C=O) groups excluding carboxylic acids is 4. The fourth-order valence-corrected chi connectivity index (χ4v) is 10.4. The molecule has 1 unspecified atom stereocenters. The van der Waals surface area contributed by atoms with E-state index in [0.717, 1.165) is 0 Å². The third-order valence-corrected chi connectivity index (χ3v) is 12.4. The molecule has 3 saturated heterocycles. The van der Waals surface area contributed by atoms with Gasteiger partial charge in [-0.15, -0.1) is 13.2 Å². The lowest BCUT2D eigenvalue weighted by Gasteiger charge is -2.46. The number of esters is 1. The highest BCUT2D eigenvalue weighted by Gasteiger charge is 2.78. The second-order valence-electron chi connectivity index (χ2n) is 17.1. The lowest BCUT2D eigenvalue weighted by molar-refractivity contribution is -0.165. The molecule has 2 aromatic rings. The first-order valence-corrected chi connectivity index (χ1v) is 20.2. The average molecular weight is 821 g/mol. The van der Waals surface area contributed by atoms with E-state index in [1.165, 1.54) is 4.90 Å². The Kier molecular flexibility index (Phi) is 12.9. The fourth-order valence-electron chi connectivity index (χ4n) is 9.41. The third kappa shape index (κ3) is 8.21. The van der Waals surface area contributed by atoms with Gasteiger partial charge in [0.2, 0.25) is 17.7 Å². The number of halogens is 1. The number of likely N-dealkylation sites (N-methyl/N-ethyl adjacent to an activating group) is 1. The van der Waals surface area contributed by atoms with Gasteiger partial charge in [-0.25, -0.2) is 0 Å². The lowest BCUT2D eigenvalue weighted by Crippen LogP contribution is -2.61. The number of hydrogen-bond donors (Lipinski definition) is 1. The minimum Gasteiger partial charge on any atom is -0.455 e. The van der Waals surface area contributed by atoms with Gasteiger partial charge in [0.15, 0.2) is 0 Å². The zero-order chi connectivity index (χ0) is 40.5. The summed E-state index contributed by atoms with van der Waals surface area (Å²) < 4.78 is 13.3. The number of amides is 3. The van der Waals surface area contributed by atoms with Crippen LogP contribution in [0.5, 0.6) is 0 Å². The van der Waals surface area contributed by atoms with Gasteiger partial charge in [-0.3, -0.25) is 19.2 Å². The van der Waals surface area contributed by atoms with Gasteiger partial charge in [-0.05, 0) is 56.6 Å². The maximum atomic E-state index is 15.4. The zero-order valence-corrected chi connectivity index (χ0v) is 34.9. The molecule has 5 rings (SSSR count). The Balaban J connectivity index is 1.60. The molecule has 2 aromatic carbocycles. The van der Waals surface area contributed by atoms with Crippen molar-refractivity contribution in [1.29, 1.82) is 0 Å². The van der Waals surface area contributed by atoms with Crippen molar-refractivity contribution in [3.05, 3.63) is 97.1 Å². The number of fused-ring (bicyclic) bond motifs is 1. The number of ether oxygens (including phenoxy) is 2. The number of carbonyl (C=O) groups is 4. The SMILES string of the molecule is C=CCCC(=O)N(C)[C@@H](C)[C@@H](OC(=O)[C@@H]1[C@H]2O[C@@]3(CC2Br)[C@H](C(=O)N(CC=C)C(C)(C)CC(C)(C)C)N([C@H](CO)c2ccccc2)C(=O)[C@@H]13)c1ccccc1. The van der Waals surface area contributed by atoms with E-state index in [1.807, 2.05) is 81.4 Å². The fraction of sp³-hybridized carbons (Fsp3) is 0.545. The number of nitrogens with zero attached hydrogens (tertiary/aromatic N) is 3. The quantitative estimate of drug-likeness (QED) is 0.113. The minimum atomic E-state index is -1.40. The van der Waals surface area contributed by atoms with Gasteiger partial charge >= 0.3 is 5.97 Å². The summed E-state index contributed by atoms with van der Waals surface area (Å²) in [5, 5.41) is 11.0. The molecule has 9 atom stereocenters. The van der Waals surface area contributed by atoms with Crippen molar-refractivity contribution in [2.75, 3.05) is 20.2 Å². The van der Waals surface area contributed by atoms with Crippen LogP contribution < -0.4 is 0 Å². The maximum Gasteiger partial charge on any atom is 0.313 e. The normalized spacial score (nSPS) is 26.2. The number of allylic oxidation sites excluding steroid dienone is 1. The summed E-state index contributed by atoms with van der Waals surface area (Å²) >= 11 is 3.79. The van der Waals surface area contributed by atoms with Crippen molar-refractivity contribution in [1.82, 2.24) is 14.7 Å². The smallest absolute Gasteiger partial charge is 0.313 e. The number of alkyl halides is 1. The second kappa shape index (κ2) is 16.7. The Morgan fingerprint density at radius 1 is 1.04 bits per heavy atom. The third-order valence-electron chi connectivity index (χ3n) is 11.6. The highest BCUT2D eigenvalue weighted by molar-refractivity contribution is 9.09. The highest BCUT2D eigenvalue weighted by atomic mass is 79.9. The molecule has 55 heavy (non-hydrogen) atoms. The van der Waals surface area contributed by atoms with Gasteiger partial charge in [-0.2, -0.15) is 0 Å². The molecule has 0 aromatic heterocycles. The first kappa shape index (κ1) is 42.3. The van der Waals surface area contributed by atoms with Crippen LogP contribution in [0.4, 0.5) is 0 Å². The molecule has 11 heteroatoms. The summed E-state index contributed by atoms with van der Waals surface area (Å²) in [7, 11) is 1.69. The second-order valence-corrected chi connectivity index (χ2v) is 18.3. The first-order chi connectivity index (χ1) is 25.9. The summed E-state index contributed by atoms with van der Waals surface area (Å²) in [6.45, 7) is 19.7. The van der Waals surface area contributed by atoms with E-state index in [-0.39, 0.29) is 35.0 Å². The van der Waals surface area contributed by atoms with E-state index >= 15 is 9.59 Å². The molecule has 3 fully saturated rings. The van der Waals surface area contributed by atoms with Crippen LogP contribution in [0.25, 0.3) is 0 Å². The predicted molar refractivity (Wildman–Crippen MR) is 216 cm³/mol. The Hall–Kier alpha value is -3.80. The number of aliphatic hydroxyl groups is 1. The van der Waals surface area contributed by atoms with E-state index in [0.29, 0.717) is 30.4 Å².